The van der Waals surface area contributed by atoms with Gasteiger partial charge in [-0.05, 0) is 73.1 Å². The van der Waals surface area contributed by atoms with Gasteiger partial charge in [0.25, 0.3) is 0 Å². The first kappa shape index (κ1) is 27.3. The van der Waals surface area contributed by atoms with Gasteiger partial charge in [-0.2, -0.15) is 0 Å². The Morgan fingerprint density at radius 3 is 2.42 bits per heavy atom. The van der Waals surface area contributed by atoms with E-state index in [1.165, 1.54) is 38.2 Å². The molecule has 6 nitrogen and oxygen atoms in total. The molecule has 4 N–H and O–H groups in total. The van der Waals surface area contributed by atoms with Gasteiger partial charge in [0.15, 0.2) is 0 Å². The summed E-state index contributed by atoms with van der Waals surface area (Å²) in [5.41, 5.74) is 15.0. The lowest BCUT2D eigenvalue weighted by molar-refractivity contribution is -0.137. The number of anilines is 2. The largest absolute Gasteiger partial charge is 0.462 e. The average molecular weight is 493 g/mol. The van der Waals surface area contributed by atoms with Crippen LogP contribution in [0.4, 0.5) is 11.4 Å². The van der Waals surface area contributed by atoms with E-state index in [1.807, 2.05) is 6.07 Å². The van der Waals surface area contributed by atoms with E-state index in [2.05, 4.69) is 6.92 Å². The van der Waals surface area contributed by atoms with Gasteiger partial charge in [0.2, 0.25) is 0 Å². The van der Waals surface area contributed by atoms with Crippen LogP contribution in [0.25, 0.3) is 6.08 Å². The second-order valence-corrected chi connectivity index (χ2v) is 9.73. The summed E-state index contributed by atoms with van der Waals surface area (Å²) in [5, 5.41) is 0. The first-order chi connectivity index (χ1) is 17.4. The van der Waals surface area contributed by atoms with Crippen molar-refractivity contribution in [3.63, 3.8) is 0 Å². The molecular weight excluding hydrogens is 452 g/mol. The van der Waals surface area contributed by atoms with E-state index >= 15 is 0 Å². The molecule has 0 atom stereocenters. The minimum atomic E-state index is -0.437. The van der Waals surface area contributed by atoms with Crippen LogP contribution in [0.15, 0.2) is 48.5 Å². The Labute approximate surface area is 215 Å². The Morgan fingerprint density at radius 2 is 1.72 bits per heavy atom. The molecule has 3 rings (SSSR count). The third kappa shape index (κ3) is 9.06. The molecule has 0 aromatic heterocycles. The Bertz CT molecular complexity index is 1010. The van der Waals surface area contributed by atoms with Gasteiger partial charge in [-0.1, -0.05) is 57.2 Å². The molecule has 0 bridgehead atoms. The fourth-order valence-corrected chi connectivity index (χ4v) is 4.66. The molecule has 0 amide bonds. The summed E-state index contributed by atoms with van der Waals surface area (Å²) in [5.74, 6) is 0.0668. The molecular formula is C30H40N2O4. The molecule has 2 aromatic rings. The zero-order valence-electron chi connectivity index (χ0n) is 21.4. The Kier molecular flexibility index (Phi) is 10.9. The molecule has 1 aliphatic carbocycles. The average Bonchev–Trinajstić information content (AvgIpc) is 2.88. The van der Waals surface area contributed by atoms with E-state index in [9.17, 15) is 9.59 Å². The first-order valence-corrected chi connectivity index (χ1v) is 13.2. The van der Waals surface area contributed by atoms with Crippen LogP contribution in [0.1, 0.15) is 86.2 Å². The van der Waals surface area contributed by atoms with E-state index < -0.39 is 5.97 Å². The maximum Gasteiger partial charge on any atom is 0.338 e. The number of ether oxygens (including phenoxy) is 2. The number of hydrogen-bond donors (Lipinski definition) is 2. The van der Waals surface area contributed by atoms with Crippen molar-refractivity contribution in [2.75, 3.05) is 18.1 Å². The standard InChI is InChI=1S/C30H40N2O4/c1-2-3-4-5-6-22-9-16-27(17-10-22)36-30(34)25-12-7-23(8-13-25)11-18-29(33)35-20-19-24-14-15-26(31)21-28(24)32/h7-8,11-15,18,21-22,27H,2-6,9-10,16-17,19-20,31-32H2,1H3/b18-11+. The molecule has 0 heterocycles. The molecule has 0 saturated heterocycles. The van der Waals surface area contributed by atoms with Crippen molar-refractivity contribution in [3.05, 3.63) is 65.2 Å². The van der Waals surface area contributed by atoms with Crippen molar-refractivity contribution in [3.8, 4) is 0 Å². The molecule has 1 saturated carbocycles. The van der Waals surface area contributed by atoms with Crippen molar-refractivity contribution in [1.29, 1.82) is 0 Å². The van der Waals surface area contributed by atoms with Crippen molar-refractivity contribution in [2.24, 2.45) is 5.92 Å². The SMILES string of the molecule is CCCCCCC1CCC(OC(=O)c2ccc(/C=C/C(=O)OCCc3ccc(N)cc3N)cc2)CC1. The fourth-order valence-electron chi connectivity index (χ4n) is 4.66. The van der Waals surface area contributed by atoms with E-state index in [0.29, 0.717) is 23.4 Å². The first-order valence-electron chi connectivity index (χ1n) is 13.2. The molecule has 2 aromatic carbocycles. The zero-order valence-corrected chi connectivity index (χ0v) is 21.4. The van der Waals surface area contributed by atoms with E-state index in [-0.39, 0.29) is 18.7 Å². The van der Waals surface area contributed by atoms with Gasteiger partial charge in [-0.25, -0.2) is 9.59 Å². The number of benzene rings is 2. The van der Waals surface area contributed by atoms with Gasteiger partial charge in [-0.3, -0.25) is 0 Å². The van der Waals surface area contributed by atoms with Gasteiger partial charge >= 0.3 is 11.9 Å². The van der Waals surface area contributed by atoms with Crippen molar-refractivity contribution in [2.45, 2.75) is 77.2 Å². The minimum absolute atomic E-state index is 0.0160. The predicted molar refractivity (Wildman–Crippen MR) is 145 cm³/mol. The molecule has 1 aliphatic rings. The molecule has 36 heavy (non-hydrogen) atoms. The van der Waals surface area contributed by atoms with Crippen LogP contribution >= 0.6 is 0 Å². The van der Waals surface area contributed by atoms with Crippen molar-refractivity contribution >= 4 is 29.4 Å². The van der Waals surface area contributed by atoms with Crippen molar-refractivity contribution < 1.29 is 19.1 Å². The number of nitrogen functional groups attached to an aromatic ring is 2. The van der Waals surface area contributed by atoms with Crippen LogP contribution in [0.2, 0.25) is 0 Å². The van der Waals surface area contributed by atoms with Crippen LogP contribution in [0.3, 0.4) is 0 Å². The number of carbonyl (C=O) groups is 2. The summed E-state index contributed by atoms with van der Waals surface area (Å²) in [6, 6.07) is 12.4. The summed E-state index contributed by atoms with van der Waals surface area (Å²) < 4.78 is 11.0. The summed E-state index contributed by atoms with van der Waals surface area (Å²) in [4.78, 5) is 24.6. The normalized spacial score (nSPS) is 17.7. The molecule has 6 heteroatoms. The van der Waals surface area contributed by atoms with Crippen LogP contribution in [-0.4, -0.2) is 24.6 Å². The van der Waals surface area contributed by atoms with Crippen molar-refractivity contribution in [1.82, 2.24) is 0 Å². The second-order valence-electron chi connectivity index (χ2n) is 9.73. The van der Waals surface area contributed by atoms with Gasteiger partial charge in [0, 0.05) is 23.9 Å². The lowest BCUT2D eigenvalue weighted by Crippen LogP contribution is -2.24. The maximum atomic E-state index is 12.6. The molecule has 0 radical (unpaired) electrons. The highest BCUT2D eigenvalue weighted by Crippen LogP contribution is 2.30. The number of rotatable bonds is 12. The third-order valence-corrected chi connectivity index (χ3v) is 6.88. The Hall–Kier alpha value is -3.28. The summed E-state index contributed by atoms with van der Waals surface area (Å²) in [7, 11) is 0. The molecule has 1 fully saturated rings. The van der Waals surface area contributed by atoms with E-state index in [1.54, 1.807) is 42.5 Å². The Morgan fingerprint density at radius 1 is 0.972 bits per heavy atom. The molecule has 0 aliphatic heterocycles. The highest BCUT2D eigenvalue weighted by atomic mass is 16.5. The second kappa shape index (κ2) is 14.3. The number of esters is 2. The van der Waals surface area contributed by atoms with Crippen LogP contribution in [0.5, 0.6) is 0 Å². The third-order valence-electron chi connectivity index (χ3n) is 6.88. The van der Waals surface area contributed by atoms with Gasteiger partial charge in [0.1, 0.15) is 6.10 Å². The number of nitrogens with two attached hydrogens (primary N) is 2. The van der Waals surface area contributed by atoms with E-state index in [4.69, 9.17) is 20.9 Å². The zero-order chi connectivity index (χ0) is 25.8. The molecule has 0 unspecified atom stereocenters. The summed E-state index contributed by atoms with van der Waals surface area (Å²) in [6.07, 6.45) is 14.3. The lowest BCUT2D eigenvalue weighted by atomic mass is 9.84. The van der Waals surface area contributed by atoms with Crippen LogP contribution in [0, 0.1) is 5.92 Å². The predicted octanol–water partition coefficient (Wildman–Crippen LogP) is 6.34. The highest BCUT2D eigenvalue weighted by molar-refractivity contribution is 5.90. The number of carbonyl (C=O) groups excluding carboxylic acids is 2. The maximum absolute atomic E-state index is 12.6. The lowest BCUT2D eigenvalue weighted by Gasteiger charge is -2.28. The van der Waals surface area contributed by atoms with Gasteiger partial charge < -0.3 is 20.9 Å². The Balaban J connectivity index is 1.37. The monoisotopic (exact) mass is 492 g/mol. The summed E-state index contributed by atoms with van der Waals surface area (Å²) >= 11 is 0. The summed E-state index contributed by atoms with van der Waals surface area (Å²) in [6.45, 7) is 2.47. The van der Waals surface area contributed by atoms with Crippen LogP contribution in [-0.2, 0) is 20.7 Å². The number of unbranched alkanes of at least 4 members (excludes halogenated alkanes) is 3. The van der Waals surface area contributed by atoms with Crippen LogP contribution < -0.4 is 11.5 Å². The molecule has 0 spiro atoms. The fraction of sp³-hybridized carbons (Fsp3) is 0.467. The number of hydrogen-bond acceptors (Lipinski definition) is 6. The quantitative estimate of drug-likeness (QED) is 0.155. The molecule has 194 valence electrons. The van der Waals surface area contributed by atoms with Gasteiger partial charge in [-0.15, -0.1) is 0 Å². The van der Waals surface area contributed by atoms with E-state index in [0.717, 1.165) is 42.7 Å². The van der Waals surface area contributed by atoms with Gasteiger partial charge in [0.05, 0.1) is 12.2 Å². The smallest absolute Gasteiger partial charge is 0.338 e. The highest BCUT2D eigenvalue weighted by Gasteiger charge is 2.24. The minimum Gasteiger partial charge on any atom is -0.462 e. The topological polar surface area (TPSA) is 105 Å².